The molecule has 0 fully saturated rings. The Hall–Kier alpha value is -2.25. The number of benzene rings is 1. The Morgan fingerprint density at radius 1 is 1.38 bits per heavy atom. The number of halogens is 3. The highest BCUT2D eigenvalue weighted by Crippen LogP contribution is 2.34. The summed E-state index contributed by atoms with van der Waals surface area (Å²) in [6.07, 6.45) is -4.66. The van der Waals surface area contributed by atoms with Crippen LogP contribution in [0.4, 0.5) is 18.9 Å². The third kappa shape index (κ3) is 2.65. The van der Waals surface area contributed by atoms with Gasteiger partial charge in [0.25, 0.3) is 0 Å². The molecule has 1 unspecified atom stereocenters. The molecule has 0 saturated carbocycles. The number of hydrogen-bond donors (Lipinski definition) is 1. The lowest BCUT2D eigenvalue weighted by Gasteiger charge is -2.21. The number of rotatable bonds is 2. The maximum absolute atomic E-state index is 13.2. The fourth-order valence-corrected chi connectivity index (χ4v) is 2.19. The number of nitrogens with two attached hydrogens (primary N) is 1. The summed E-state index contributed by atoms with van der Waals surface area (Å²) in [4.78, 5) is 16.9. The maximum atomic E-state index is 13.2. The van der Waals surface area contributed by atoms with Crippen molar-refractivity contribution in [3.8, 4) is 0 Å². The van der Waals surface area contributed by atoms with Crippen LogP contribution in [0.1, 0.15) is 18.8 Å². The monoisotopic (exact) mass is 300 g/mol. The number of likely N-dealkylation sites (N-methyl/N-ethyl adjacent to an activating group) is 1. The summed E-state index contributed by atoms with van der Waals surface area (Å²) < 4.78 is 40.4. The number of amides is 1. The van der Waals surface area contributed by atoms with E-state index in [4.69, 9.17) is 5.73 Å². The molecule has 1 atom stereocenters. The fourth-order valence-electron chi connectivity index (χ4n) is 2.19. The molecule has 8 heteroatoms. The summed E-state index contributed by atoms with van der Waals surface area (Å²) in [5, 5.41) is 0. The molecule has 0 spiro atoms. The molecule has 1 aromatic carbocycles. The highest BCUT2D eigenvalue weighted by Gasteiger charge is 2.40. The Labute approximate surface area is 119 Å². The topological polar surface area (TPSA) is 64.2 Å². The summed E-state index contributed by atoms with van der Waals surface area (Å²) in [6.45, 7) is 1.41. The molecule has 0 aliphatic carbocycles. The van der Waals surface area contributed by atoms with Crippen molar-refractivity contribution in [1.82, 2.24) is 14.5 Å². The Balaban J connectivity index is 2.72. The lowest BCUT2D eigenvalue weighted by molar-refractivity contribution is -0.149. The molecule has 1 aromatic heterocycles. The molecule has 114 valence electrons. The fraction of sp³-hybridized carbons (Fsp3) is 0.385. The number of fused-ring (bicyclic) bond motifs is 1. The van der Waals surface area contributed by atoms with E-state index < -0.39 is 23.9 Å². The SMILES string of the molecule is CC(C(=O)N(C)C)n1c(C(F)(F)F)nc2cc(N)ccc21. The second kappa shape index (κ2) is 4.94. The standard InChI is InChI=1S/C13H15F3N4O/c1-7(11(21)19(2)3)20-10-5-4-8(17)6-9(10)18-12(20)13(14,15)16/h4-7H,17H2,1-3H3. The predicted octanol–water partition coefficient (Wildman–Crippen LogP) is 2.29. The Morgan fingerprint density at radius 3 is 2.52 bits per heavy atom. The van der Waals surface area contributed by atoms with Crippen molar-refractivity contribution in [3.05, 3.63) is 24.0 Å². The molecule has 2 N–H and O–H groups in total. The number of alkyl halides is 3. The second-order valence-electron chi connectivity index (χ2n) is 4.96. The van der Waals surface area contributed by atoms with Gasteiger partial charge in [0.2, 0.25) is 11.7 Å². The smallest absolute Gasteiger partial charge is 0.399 e. The van der Waals surface area contributed by atoms with Crippen LogP contribution >= 0.6 is 0 Å². The number of imidazole rings is 1. The zero-order valence-corrected chi connectivity index (χ0v) is 11.8. The van der Waals surface area contributed by atoms with Gasteiger partial charge in [-0.1, -0.05) is 0 Å². The highest BCUT2D eigenvalue weighted by molar-refractivity contribution is 5.85. The number of carbonyl (C=O) groups is 1. The number of anilines is 1. The van der Waals surface area contributed by atoms with E-state index in [0.29, 0.717) is 5.69 Å². The number of nitrogen functional groups attached to an aromatic ring is 1. The van der Waals surface area contributed by atoms with Gasteiger partial charge in [-0.3, -0.25) is 4.79 Å². The average Bonchev–Trinajstić information content (AvgIpc) is 2.75. The zero-order valence-electron chi connectivity index (χ0n) is 11.8. The van der Waals surface area contributed by atoms with Crippen LogP contribution in [0.5, 0.6) is 0 Å². The Kier molecular flexibility index (Phi) is 3.56. The second-order valence-corrected chi connectivity index (χ2v) is 4.96. The van der Waals surface area contributed by atoms with E-state index in [9.17, 15) is 18.0 Å². The maximum Gasteiger partial charge on any atom is 0.449 e. The lowest BCUT2D eigenvalue weighted by atomic mass is 10.2. The van der Waals surface area contributed by atoms with Crippen molar-refractivity contribution in [2.45, 2.75) is 19.1 Å². The van der Waals surface area contributed by atoms with E-state index >= 15 is 0 Å². The van der Waals surface area contributed by atoms with Crippen LogP contribution < -0.4 is 5.73 Å². The first-order chi connectivity index (χ1) is 9.62. The van der Waals surface area contributed by atoms with Gasteiger partial charge >= 0.3 is 6.18 Å². The molecule has 0 aliphatic heterocycles. The van der Waals surface area contributed by atoms with Crippen molar-refractivity contribution in [3.63, 3.8) is 0 Å². The molecule has 5 nitrogen and oxygen atoms in total. The third-order valence-electron chi connectivity index (χ3n) is 3.15. The molecule has 0 radical (unpaired) electrons. The van der Waals surface area contributed by atoms with Gasteiger partial charge < -0.3 is 15.2 Å². The van der Waals surface area contributed by atoms with E-state index in [2.05, 4.69) is 4.98 Å². The van der Waals surface area contributed by atoms with Gasteiger partial charge in [0, 0.05) is 19.8 Å². The summed E-state index contributed by atoms with van der Waals surface area (Å²) in [5.74, 6) is -1.55. The van der Waals surface area contributed by atoms with Crippen molar-refractivity contribution in [2.75, 3.05) is 19.8 Å². The molecule has 0 saturated heterocycles. The Bertz CT molecular complexity index is 691. The molecule has 2 aromatic rings. The average molecular weight is 300 g/mol. The highest BCUT2D eigenvalue weighted by atomic mass is 19.4. The van der Waals surface area contributed by atoms with E-state index in [1.165, 1.54) is 44.1 Å². The lowest BCUT2D eigenvalue weighted by Crippen LogP contribution is -2.32. The molecule has 0 aliphatic rings. The number of aromatic nitrogens is 2. The first-order valence-electron chi connectivity index (χ1n) is 6.18. The normalized spacial score (nSPS) is 13.4. The largest absolute Gasteiger partial charge is 0.449 e. The number of carbonyl (C=O) groups excluding carboxylic acids is 1. The quantitative estimate of drug-likeness (QED) is 0.865. The summed E-state index contributed by atoms with van der Waals surface area (Å²) in [6, 6.07) is 3.25. The summed E-state index contributed by atoms with van der Waals surface area (Å²) in [5.41, 5.74) is 6.22. The van der Waals surface area contributed by atoms with E-state index in [1.54, 1.807) is 0 Å². The third-order valence-corrected chi connectivity index (χ3v) is 3.15. The van der Waals surface area contributed by atoms with Gasteiger partial charge in [-0.2, -0.15) is 13.2 Å². The van der Waals surface area contributed by atoms with Crippen LogP contribution in [0.2, 0.25) is 0 Å². The minimum atomic E-state index is -4.66. The molecule has 1 heterocycles. The van der Waals surface area contributed by atoms with E-state index in [0.717, 1.165) is 4.57 Å². The molecular formula is C13H15F3N4O. The first kappa shape index (κ1) is 15.1. The predicted molar refractivity (Wildman–Crippen MR) is 72.6 cm³/mol. The zero-order chi connectivity index (χ0) is 15.9. The number of nitrogens with zero attached hydrogens (tertiary/aromatic N) is 3. The van der Waals surface area contributed by atoms with Crippen LogP contribution in [0, 0.1) is 0 Å². The van der Waals surface area contributed by atoms with Gasteiger partial charge in [0.1, 0.15) is 6.04 Å². The molecule has 0 bridgehead atoms. The molecule has 21 heavy (non-hydrogen) atoms. The van der Waals surface area contributed by atoms with Crippen LogP contribution in [-0.2, 0) is 11.0 Å². The van der Waals surface area contributed by atoms with Gasteiger partial charge in [0.05, 0.1) is 11.0 Å². The molecule has 2 rings (SSSR count). The van der Waals surface area contributed by atoms with Crippen molar-refractivity contribution in [1.29, 1.82) is 0 Å². The first-order valence-corrected chi connectivity index (χ1v) is 6.18. The van der Waals surface area contributed by atoms with Crippen molar-refractivity contribution in [2.24, 2.45) is 0 Å². The van der Waals surface area contributed by atoms with Gasteiger partial charge in [-0.15, -0.1) is 0 Å². The number of hydrogen-bond acceptors (Lipinski definition) is 3. The summed E-state index contributed by atoms with van der Waals surface area (Å²) >= 11 is 0. The van der Waals surface area contributed by atoms with E-state index in [-0.39, 0.29) is 11.0 Å². The Morgan fingerprint density at radius 2 is 2.00 bits per heavy atom. The van der Waals surface area contributed by atoms with Crippen LogP contribution in [0.15, 0.2) is 18.2 Å². The summed E-state index contributed by atoms with van der Waals surface area (Å²) in [7, 11) is 2.98. The minimum absolute atomic E-state index is 0.112. The van der Waals surface area contributed by atoms with Crippen LogP contribution in [0.25, 0.3) is 11.0 Å². The van der Waals surface area contributed by atoms with Crippen molar-refractivity contribution >= 4 is 22.6 Å². The molecular weight excluding hydrogens is 285 g/mol. The van der Waals surface area contributed by atoms with Gasteiger partial charge in [-0.05, 0) is 25.1 Å². The van der Waals surface area contributed by atoms with Crippen molar-refractivity contribution < 1.29 is 18.0 Å². The molecule has 1 amide bonds. The van der Waals surface area contributed by atoms with Gasteiger partial charge in [0.15, 0.2) is 0 Å². The minimum Gasteiger partial charge on any atom is -0.399 e. The van der Waals surface area contributed by atoms with Gasteiger partial charge in [-0.25, -0.2) is 4.98 Å². The van der Waals surface area contributed by atoms with Crippen LogP contribution in [-0.4, -0.2) is 34.5 Å². The van der Waals surface area contributed by atoms with E-state index in [1.807, 2.05) is 0 Å². The van der Waals surface area contributed by atoms with Crippen LogP contribution in [0.3, 0.4) is 0 Å².